The van der Waals surface area contributed by atoms with Gasteiger partial charge in [-0.05, 0) is 85.6 Å². The Morgan fingerprint density at radius 1 is 0.789 bits per heavy atom. The van der Waals surface area contributed by atoms with E-state index in [1.165, 1.54) is 26.4 Å². The van der Waals surface area contributed by atoms with Crippen LogP contribution in [0.2, 0.25) is 0 Å². The Labute approximate surface area is 336 Å². The number of carbonyl (C=O) groups excluding carboxylic acids is 2. The summed E-state index contributed by atoms with van der Waals surface area (Å²) in [5, 5.41) is 12.6. The van der Waals surface area contributed by atoms with Crippen LogP contribution in [0.1, 0.15) is 70.7 Å². The summed E-state index contributed by atoms with van der Waals surface area (Å²) in [6.45, 7) is 9.21. The zero-order chi connectivity index (χ0) is 41.1. The zero-order valence-corrected chi connectivity index (χ0v) is 33.9. The minimum Gasteiger partial charge on any atom is -0.465 e. The van der Waals surface area contributed by atoms with Gasteiger partial charge in [0.25, 0.3) is 10.1 Å². The minimum atomic E-state index is -4.44. The van der Waals surface area contributed by atoms with Gasteiger partial charge in [-0.1, -0.05) is 61.4 Å². The van der Waals surface area contributed by atoms with E-state index < -0.39 is 32.9 Å². The summed E-state index contributed by atoms with van der Waals surface area (Å²) >= 11 is 0.893. The fraction of sp³-hybridized carbons (Fsp3) is 0.233. The van der Waals surface area contributed by atoms with Gasteiger partial charge in [-0.2, -0.15) is 13.0 Å². The first-order valence-electron chi connectivity index (χ1n) is 17.8. The highest BCUT2D eigenvalue weighted by Gasteiger charge is 2.45. The molecule has 6 rings (SSSR count). The normalized spacial score (nSPS) is 16.4. The Morgan fingerprint density at radius 2 is 1.42 bits per heavy atom. The highest BCUT2D eigenvalue weighted by molar-refractivity contribution is 7.94. The lowest BCUT2D eigenvalue weighted by Crippen LogP contribution is -2.27. The Balaban J connectivity index is 1.35. The predicted molar refractivity (Wildman–Crippen MR) is 216 cm³/mol. The van der Waals surface area contributed by atoms with Crippen molar-refractivity contribution in [3.05, 3.63) is 154 Å². The lowest BCUT2D eigenvalue weighted by molar-refractivity contribution is -0.455. The van der Waals surface area contributed by atoms with Gasteiger partial charge >= 0.3 is 11.9 Å². The number of rotatable bonds is 13. The third-order valence-electron chi connectivity index (χ3n) is 10.3. The Kier molecular flexibility index (Phi) is 12.0. The van der Waals surface area contributed by atoms with E-state index in [9.17, 15) is 22.6 Å². The fourth-order valence-corrected chi connectivity index (χ4v) is 8.27. The zero-order valence-electron chi connectivity index (χ0n) is 32.3. The van der Waals surface area contributed by atoms with Crippen molar-refractivity contribution in [3.8, 4) is 0 Å². The molecule has 0 aromatic heterocycles. The minimum absolute atomic E-state index is 0.183. The lowest BCUT2D eigenvalue weighted by Gasteiger charge is -2.27. The number of nitrogens with zero attached hydrogens (tertiary/aromatic N) is 2. The molecule has 12 nitrogen and oxygen atoms in total. The van der Waals surface area contributed by atoms with Crippen LogP contribution in [0.5, 0.6) is 0 Å². The highest BCUT2D eigenvalue weighted by atomic mass is 32.2. The van der Waals surface area contributed by atoms with Crippen LogP contribution in [0.25, 0.3) is 0 Å². The van der Waals surface area contributed by atoms with E-state index in [-0.39, 0.29) is 4.90 Å². The van der Waals surface area contributed by atoms with E-state index in [1.807, 2.05) is 80.6 Å². The number of allylic oxidation sites excluding steroid dienone is 6. The van der Waals surface area contributed by atoms with Gasteiger partial charge in [0.2, 0.25) is 5.69 Å². The van der Waals surface area contributed by atoms with E-state index in [2.05, 4.69) is 34.4 Å². The molecule has 14 heteroatoms. The third-order valence-corrected chi connectivity index (χ3v) is 11.8. The molecule has 4 aromatic rings. The first-order valence-corrected chi connectivity index (χ1v) is 20.0. The van der Waals surface area contributed by atoms with E-state index in [0.29, 0.717) is 24.2 Å². The first-order chi connectivity index (χ1) is 27.1. The van der Waals surface area contributed by atoms with Gasteiger partial charge in [0.05, 0.1) is 47.7 Å². The van der Waals surface area contributed by atoms with E-state index in [1.54, 1.807) is 30.3 Å². The maximum atomic E-state index is 12.1. The van der Waals surface area contributed by atoms with Gasteiger partial charge in [-0.15, -0.1) is 4.33 Å². The van der Waals surface area contributed by atoms with Gasteiger partial charge in [-0.3, -0.25) is 4.55 Å². The van der Waals surface area contributed by atoms with Crippen LogP contribution >= 0.6 is 12.0 Å². The molecule has 2 aliphatic rings. The topological polar surface area (TPSA) is 152 Å². The predicted octanol–water partition coefficient (Wildman–Crippen LogP) is 8.51. The number of carbonyl (C=O) groups is 2. The van der Waals surface area contributed by atoms with Gasteiger partial charge in [0.1, 0.15) is 0 Å². The molecule has 296 valence electrons. The summed E-state index contributed by atoms with van der Waals surface area (Å²) < 4.78 is 50.8. The molecular formula is C43H43N2O10S2+. The summed E-state index contributed by atoms with van der Waals surface area (Å²) in [6, 6.07) is 24.9. The number of fused-ring (bicyclic) bond motifs is 2. The Morgan fingerprint density at radius 3 is 2.02 bits per heavy atom. The number of methoxy groups -OCH3 is 2. The molecular weight excluding hydrogens is 769 g/mol. The molecule has 2 heterocycles. The van der Waals surface area contributed by atoms with Crippen LogP contribution in [0.3, 0.4) is 0 Å². The maximum absolute atomic E-state index is 12.1. The van der Waals surface area contributed by atoms with Crippen LogP contribution < -0.4 is 4.90 Å². The average Bonchev–Trinajstić information content (AvgIpc) is 3.53. The fourth-order valence-electron chi connectivity index (χ4n) is 7.37. The smallest absolute Gasteiger partial charge is 0.337 e. The molecule has 0 saturated carbocycles. The van der Waals surface area contributed by atoms with Crippen LogP contribution in [0.4, 0.5) is 11.4 Å². The van der Waals surface area contributed by atoms with Crippen molar-refractivity contribution in [2.45, 2.75) is 61.4 Å². The maximum Gasteiger partial charge on any atom is 0.337 e. The number of hydrogen-bond donors (Lipinski definition) is 2. The summed E-state index contributed by atoms with van der Waals surface area (Å²) in [4.78, 5) is 26.8. The summed E-state index contributed by atoms with van der Waals surface area (Å²) in [7, 11) is -1.75. The van der Waals surface area contributed by atoms with Crippen LogP contribution in [0, 0.1) is 0 Å². The van der Waals surface area contributed by atoms with Crippen LogP contribution in [0.15, 0.2) is 131 Å². The van der Waals surface area contributed by atoms with Crippen molar-refractivity contribution in [3.63, 3.8) is 0 Å². The molecule has 0 radical (unpaired) electrons. The average molecular weight is 812 g/mol. The van der Waals surface area contributed by atoms with Crippen LogP contribution in [-0.4, -0.2) is 54.7 Å². The molecule has 0 atom stereocenters. The Bertz CT molecular complexity index is 2430. The molecule has 0 bridgehead atoms. The van der Waals surface area contributed by atoms with Crippen molar-refractivity contribution in [1.82, 2.24) is 0 Å². The quantitative estimate of drug-likeness (QED) is 0.0253. The molecule has 0 amide bonds. The monoisotopic (exact) mass is 811 g/mol. The molecule has 2 N–H and O–H groups in total. The van der Waals surface area contributed by atoms with Crippen molar-refractivity contribution in [2.24, 2.45) is 0 Å². The molecule has 2 aliphatic heterocycles. The molecule has 0 fully saturated rings. The number of esters is 2. The first kappa shape index (κ1) is 41.3. The number of benzene rings is 4. The number of ether oxygens (including phenoxy) is 2. The second kappa shape index (κ2) is 16.6. The largest absolute Gasteiger partial charge is 0.465 e. The van der Waals surface area contributed by atoms with Gasteiger partial charge in [-0.25, -0.2) is 14.8 Å². The molecule has 4 aromatic carbocycles. The van der Waals surface area contributed by atoms with Crippen molar-refractivity contribution in [2.75, 3.05) is 19.1 Å². The molecule has 57 heavy (non-hydrogen) atoms. The SMILES string of the molecule is COC(=O)c1ccc(CN2/C(=C/C=C/C=C/C3=[N+](Cc4ccc(C(=O)OC)cc4)c4ccc(SOOO)cc4C3(C)C)C(C)(C)c3cc(S(=O)(=O)O)ccc32)cc1. The second-order valence-electron chi connectivity index (χ2n) is 14.5. The summed E-state index contributed by atoms with van der Waals surface area (Å²) in [6.07, 6.45) is 9.89. The van der Waals surface area contributed by atoms with Gasteiger partial charge in [0.15, 0.2) is 12.3 Å². The third kappa shape index (κ3) is 8.52. The van der Waals surface area contributed by atoms with Gasteiger partial charge < -0.3 is 14.4 Å². The van der Waals surface area contributed by atoms with Crippen molar-refractivity contribution in [1.29, 1.82) is 0 Å². The highest BCUT2D eigenvalue weighted by Crippen LogP contribution is 2.49. The van der Waals surface area contributed by atoms with Crippen molar-refractivity contribution < 1.29 is 51.2 Å². The van der Waals surface area contributed by atoms with Crippen molar-refractivity contribution >= 4 is 51.2 Å². The second-order valence-corrected chi connectivity index (χ2v) is 16.7. The van der Waals surface area contributed by atoms with E-state index >= 15 is 0 Å². The standard InChI is InChI=1S/C43H42N2O10S2/c1-42(2)34-24-32(56-55-54-48)20-22-36(34)44(26-28-12-16-30(17-13-28)40(46)52-5)38(42)10-8-7-9-11-39-43(3,4)35-25-33(57(49,50)51)21-23-37(35)45(39)27-29-14-18-31(19-15-29)41(47)53-6/h7-25H,26-27H2,1-6H3,(H-,48,49,50,51)/p+1. The van der Waals surface area contributed by atoms with E-state index in [4.69, 9.17) is 19.1 Å². The molecule has 0 spiro atoms. The lowest BCUT2D eigenvalue weighted by atomic mass is 9.81. The van der Waals surface area contributed by atoms with Crippen LogP contribution in [-0.2, 0) is 52.9 Å². The van der Waals surface area contributed by atoms with E-state index in [0.717, 1.165) is 62.0 Å². The van der Waals surface area contributed by atoms with Gasteiger partial charge in [0, 0.05) is 51.5 Å². The summed E-state index contributed by atoms with van der Waals surface area (Å²) in [5.41, 5.74) is 7.14. The summed E-state index contributed by atoms with van der Waals surface area (Å²) in [5.74, 6) is -0.840. The number of hydrogen-bond acceptors (Lipinski definition) is 11. The molecule has 0 aliphatic carbocycles. The molecule has 0 unspecified atom stereocenters. The number of anilines is 1. The Hall–Kier alpha value is -5.35. The molecule has 0 saturated heterocycles.